The fraction of sp³-hybridized carbons (Fsp3) is 0.611. The Morgan fingerprint density at radius 1 is 1.32 bits per heavy atom. The topological polar surface area (TPSA) is 84.7 Å². The Morgan fingerprint density at radius 2 is 1.96 bits per heavy atom. The molecule has 1 saturated heterocycles. The molecule has 7 heteroatoms. The number of nitrogens with zero attached hydrogens (tertiary/aromatic N) is 2. The molecule has 25 heavy (non-hydrogen) atoms. The lowest BCUT2D eigenvalue weighted by Crippen LogP contribution is -2.43. The van der Waals surface area contributed by atoms with Gasteiger partial charge in [-0.05, 0) is 46.1 Å². The highest BCUT2D eigenvalue weighted by molar-refractivity contribution is 5.68. The van der Waals surface area contributed by atoms with Crippen molar-refractivity contribution in [2.24, 2.45) is 5.92 Å². The second kappa shape index (κ2) is 8.29. The molecule has 1 heterocycles. The number of likely N-dealkylation sites (tertiary alicyclic amines) is 1. The van der Waals surface area contributed by atoms with E-state index in [1.165, 1.54) is 6.07 Å². The highest BCUT2D eigenvalue weighted by atomic mass is 16.6. The van der Waals surface area contributed by atoms with Crippen LogP contribution in [0.1, 0.15) is 39.2 Å². The van der Waals surface area contributed by atoms with Gasteiger partial charge in [0, 0.05) is 31.3 Å². The summed E-state index contributed by atoms with van der Waals surface area (Å²) in [6, 6.07) is 6.78. The van der Waals surface area contributed by atoms with Crippen molar-refractivity contribution >= 4 is 11.8 Å². The zero-order valence-corrected chi connectivity index (χ0v) is 15.2. The Hall–Kier alpha value is -2.15. The number of nitro groups is 1. The van der Waals surface area contributed by atoms with Gasteiger partial charge in [-0.15, -0.1) is 0 Å². The molecular weight excluding hydrogens is 322 g/mol. The van der Waals surface area contributed by atoms with Gasteiger partial charge in [-0.25, -0.2) is 4.79 Å². The summed E-state index contributed by atoms with van der Waals surface area (Å²) < 4.78 is 5.39. The molecular formula is C18H27N3O4. The Morgan fingerprint density at radius 3 is 2.56 bits per heavy atom. The van der Waals surface area contributed by atoms with E-state index in [2.05, 4.69) is 5.32 Å². The number of rotatable bonds is 5. The van der Waals surface area contributed by atoms with Gasteiger partial charge < -0.3 is 15.0 Å². The van der Waals surface area contributed by atoms with Crippen molar-refractivity contribution in [3.63, 3.8) is 0 Å². The van der Waals surface area contributed by atoms with Crippen molar-refractivity contribution < 1.29 is 14.5 Å². The molecule has 0 saturated carbocycles. The maximum atomic E-state index is 12.0. The van der Waals surface area contributed by atoms with Crippen LogP contribution in [0.2, 0.25) is 0 Å². The molecule has 1 aromatic carbocycles. The number of amides is 1. The van der Waals surface area contributed by atoms with Crippen LogP contribution in [0.15, 0.2) is 24.3 Å². The summed E-state index contributed by atoms with van der Waals surface area (Å²) in [5.41, 5.74) is 0.369. The monoisotopic (exact) mass is 349 g/mol. The Kier molecular flexibility index (Phi) is 6.36. The molecule has 1 aromatic rings. The predicted molar refractivity (Wildman–Crippen MR) is 95.3 cm³/mol. The number of ether oxygens (including phenoxy) is 1. The zero-order chi connectivity index (χ0) is 18.4. The normalized spacial score (nSPS) is 15.9. The number of para-hydroxylation sites is 1. The third-order valence-corrected chi connectivity index (χ3v) is 4.20. The molecule has 1 amide bonds. The average molecular weight is 349 g/mol. The van der Waals surface area contributed by atoms with Crippen LogP contribution >= 0.6 is 0 Å². The highest BCUT2D eigenvalue weighted by Gasteiger charge is 2.26. The van der Waals surface area contributed by atoms with Gasteiger partial charge in [0.1, 0.15) is 5.60 Å². The van der Waals surface area contributed by atoms with Crippen LogP contribution in [-0.4, -0.2) is 41.2 Å². The lowest BCUT2D eigenvalue weighted by molar-refractivity contribution is -0.385. The number of piperidine rings is 1. The molecule has 138 valence electrons. The van der Waals surface area contributed by atoms with Crippen LogP contribution in [0.25, 0.3) is 0 Å². The number of nitrogens with one attached hydrogen (secondary N) is 1. The molecule has 0 atom stereocenters. The van der Waals surface area contributed by atoms with E-state index in [9.17, 15) is 14.9 Å². The summed E-state index contributed by atoms with van der Waals surface area (Å²) in [5, 5.41) is 14.3. The molecule has 0 spiro atoms. The maximum absolute atomic E-state index is 12.0. The average Bonchev–Trinajstić information content (AvgIpc) is 2.54. The van der Waals surface area contributed by atoms with Gasteiger partial charge in [-0.3, -0.25) is 10.1 Å². The van der Waals surface area contributed by atoms with Crippen molar-refractivity contribution in [3.05, 3.63) is 39.9 Å². The van der Waals surface area contributed by atoms with Crippen molar-refractivity contribution in [1.29, 1.82) is 0 Å². The van der Waals surface area contributed by atoms with E-state index >= 15 is 0 Å². The number of benzene rings is 1. The van der Waals surface area contributed by atoms with Crippen molar-refractivity contribution in [2.75, 3.05) is 19.6 Å². The lowest BCUT2D eigenvalue weighted by atomic mass is 9.97. The van der Waals surface area contributed by atoms with E-state index in [0.29, 0.717) is 31.1 Å². The molecule has 1 aliphatic heterocycles. The summed E-state index contributed by atoms with van der Waals surface area (Å²) in [5.74, 6) is 0.460. The summed E-state index contributed by atoms with van der Waals surface area (Å²) in [6.07, 6.45) is 1.56. The molecule has 1 N–H and O–H groups in total. The van der Waals surface area contributed by atoms with Crippen molar-refractivity contribution in [1.82, 2.24) is 10.2 Å². The molecule has 1 aliphatic rings. The Balaban J connectivity index is 1.74. The third-order valence-electron chi connectivity index (χ3n) is 4.20. The smallest absolute Gasteiger partial charge is 0.410 e. The van der Waals surface area contributed by atoms with E-state index in [0.717, 1.165) is 19.4 Å². The lowest BCUT2D eigenvalue weighted by Gasteiger charge is -2.33. The number of hydrogen-bond donors (Lipinski definition) is 1. The SMILES string of the molecule is CC(C)(C)OC(=O)N1CCC(CNCc2ccccc2[N+](=O)[O-])CC1. The van der Waals surface area contributed by atoms with E-state index in [1.54, 1.807) is 17.0 Å². The molecule has 7 nitrogen and oxygen atoms in total. The molecule has 0 bridgehead atoms. The van der Waals surface area contributed by atoms with Gasteiger partial charge in [-0.2, -0.15) is 0 Å². The van der Waals surface area contributed by atoms with Gasteiger partial charge in [0.15, 0.2) is 0 Å². The third kappa shape index (κ3) is 6.01. The first-order valence-corrected chi connectivity index (χ1v) is 8.67. The van der Waals surface area contributed by atoms with Crippen LogP contribution in [0.4, 0.5) is 10.5 Å². The van der Waals surface area contributed by atoms with Gasteiger partial charge in [0.2, 0.25) is 0 Å². The minimum atomic E-state index is -0.472. The van der Waals surface area contributed by atoms with Gasteiger partial charge in [-0.1, -0.05) is 18.2 Å². The Labute approximate surface area is 148 Å². The quantitative estimate of drug-likeness (QED) is 0.651. The molecule has 0 radical (unpaired) electrons. The number of nitro benzene ring substituents is 1. The van der Waals surface area contributed by atoms with Crippen LogP contribution < -0.4 is 5.32 Å². The van der Waals surface area contributed by atoms with Gasteiger partial charge >= 0.3 is 6.09 Å². The zero-order valence-electron chi connectivity index (χ0n) is 15.2. The number of carbonyl (C=O) groups is 1. The van der Waals surface area contributed by atoms with Crippen molar-refractivity contribution in [3.8, 4) is 0 Å². The molecule has 2 rings (SSSR count). The van der Waals surface area contributed by atoms with E-state index in [-0.39, 0.29) is 16.7 Å². The summed E-state index contributed by atoms with van der Waals surface area (Å²) >= 11 is 0. The summed E-state index contributed by atoms with van der Waals surface area (Å²) in [4.78, 5) is 24.5. The van der Waals surface area contributed by atoms with E-state index < -0.39 is 5.60 Å². The van der Waals surface area contributed by atoms with E-state index in [1.807, 2.05) is 26.8 Å². The second-order valence-corrected chi connectivity index (χ2v) is 7.43. The molecule has 1 fully saturated rings. The highest BCUT2D eigenvalue weighted by Crippen LogP contribution is 2.20. The fourth-order valence-corrected chi connectivity index (χ4v) is 2.90. The Bertz CT molecular complexity index is 605. The first kappa shape index (κ1) is 19.2. The van der Waals surface area contributed by atoms with Crippen LogP contribution in [0, 0.1) is 16.0 Å². The molecule has 0 aliphatic carbocycles. The summed E-state index contributed by atoms with van der Waals surface area (Å²) in [6.45, 7) is 8.23. The van der Waals surface area contributed by atoms with Crippen LogP contribution in [0.3, 0.4) is 0 Å². The van der Waals surface area contributed by atoms with Crippen LogP contribution in [0.5, 0.6) is 0 Å². The minimum absolute atomic E-state index is 0.148. The largest absolute Gasteiger partial charge is 0.444 e. The molecule has 0 unspecified atom stereocenters. The van der Waals surface area contributed by atoms with E-state index in [4.69, 9.17) is 4.74 Å². The van der Waals surface area contributed by atoms with Gasteiger partial charge in [0.05, 0.1) is 4.92 Å². The van der Waals surface area contributed by atoms with Crippen molar-refractivity contribution in [2.45, 2.75) is 45.8 Å². The first-order valence-electron chi connectivity index (χ1n) is 8.67. The maximum Gasteiger partial charge on any atom is 0.410 e. The number of carbonyl (C=O) groups excluding carboxylic acids is 1. The standard InChI is InChI=1S/C18H27N3O4/c1-18(2,3)25-17(22)20-10-8-14(9-11-20)12-19-13-15-6-4-5-7-16(15)21(23)24/h4-7,14,19H,8-13H2,1-3H3. The van der Waals surface area contributed by atoms with Crippen LogP contribution in [-0.2, 0) is 11.3 Å². The minimum Gasteiger partial charge on any atom is -0.444 e. The second-order valence-electron chi connectivity index (χ2n) is 7.43. The number of hydrogen-bond acceptors (Lipinski definition) is 5. The predicted octanol–water partition coefficient (Wildman–Crippen LogP) is 3.33. The first-order chi connectivity index (χ1) is 11.8. The molecule has 0 aromatic heterocycles. The summed E-state index contributed by atoms with van der Waals surface area (Å²) in [7, 11) is 0. The van der Waals surface area contributed by atoms with Gasteiger partial charge in [0.25, 0.3) is 5.69 Å². The fourth-order valence-electron chi connectivity index (χ4n) is 2.90.